The fraction of sp³-hybridized carbons (Fsp3) is 0.455. The smallest absolute Gasteiger partial charge is 0.261 e. The van der Waals surface area contributed by atoms with Crippen LogP contribution in [0.15, 0.2) is 60.7 Å². The molecule has 0 bridgehead atoms. The second-order valence-corrected chi connectivity index (χ2v) is 12.6. The molecule has 1 aliphatic heterocycles. The standard InChI is InChI=1S/C22H31NO2Si/c1-22(2,3)26(18-11-7-5-8-12-18,19-13-9-6-10-14-19)25-21-15-16-23(4)20(21)17-24/h5-14,20-21,24H,15-17H2,1-4H3/t20-,21-/m1/s1. The SMILES string of the molecule is CN1CC[C@@H](O[Si](c2ccccc2)(c2ccccc2)C(C)(C)C)[C@H]1CO. The summed E-state index contributed by atoms with van der Waals surface area (Å²) in [5.41, 5.74) is 0. The predicted octanol–water partition coefficient (Wildman–Crippen LogP) is 2.63. The van der Waals surface area contributed by atoms with Gasteiger partial charge >= 0.3 is 0 Å². The van der Waals surface area contributed by atoms with Crippen LogP contribution in [0.4, 0.5) is 0 Å². The first-order chi connectivity index (χ1) is 12.4. The summed E-state index contributed by atoms with van der Waals surface area (Å²) in [6.07, 6.45) is 1.02. The molecule has 2 aromatic carbocycles. The molecule has 0 saturated carbocycles. The van der Waals surface area contributed by atoms with Gasteiger partial charge in [-0.05, 0) is 28.9 Å². The molecule has 0 unspecified atom stereocenters. The van der Waals surface area contributed by atoms with Crippen LogP contribution in [0.1, 0.15) is 27.2 Å². The Kier molecular flexibility index (Phi) is 5.68. The lowest BCUT2D eigenvalue weighted by atomic mass is 10.2. The molecule has 140 valence electrons. The molecule has 0 spiro atoms. The second-order valence-electron chi connectivity index (χ2n) is 8.34. The van der Waals surface area contributed by atoms with E-state index in [1.807, 2.05) is 0 Å². The fourth-order valence-corrected chi connectivity index (χ4v) is 9.03. The lowest BCUT2D eigenvalue weighted by Crippen LogP contribution is -2.68. The van der Waals surface area contributed by atoms with Gasteiger partial charge in [0.05, 0.1) is 18.8 Å². The molecule has 0 aliphatic carbocycles. The van der Waals surface area contributed by atoms with Crippen molar-refractivity contribution in [3.63, 3.8) is 0 Å². The van der Waals surface area contributed by atoms with E-state index in [1.165, 1.54) is 10.4 Å². The van der Waals surface area contributed by atoms with Gasteiger partial charge in [-0.3, -0.25) is 4.90 Å². The predicted molar refractivity (Wildman–Crippen MR) is 111 cm³/mol. The van der Waals surface area contributed by atoms with E-state index in [9.17, 15) is 5.11 Å². The number of likely N-dealkylation sites (tertiary alicyclic amines) is 1. The Balaban J connectivity index is 2.15. The third-order valence-electron chi connectivity index (χ3n) is 5.69. The maximum Gasteiger partial charge on any atom is 0.261 e. The minimum atomic E-state index is -2.54. The Morgan fingerprint density at radius 3 is 1.92 bits per heavy atom. The highest BCUT2D eigenvalue weighted by Gasteiger charge is 2.53. The van der Waals surface area contributed by atoms with E-state index < -0.39 is 8.32 Å². The molecule has 4 heteroatoms. The van der Waals surface area contributed by atoms with Crippen LogP contribution in [0.3, 0.4) is 0 Å². The van der Waals surface area contributed by atoms with Crippen molar-refractivity contribution in [1.29, 1.82) is 0 Å². The first kappa shape index (κ1) is 19.3. The molecule has 1 heterocycles. The summed E-state index contributed by atoms with van der Waals surface area (Å²) in [7, 11) is -0.461. The quantitative estimate of drug-likeness (QED) is 0.823. The number of aliphatic hydroxyl groups is 1. The van der Waals surface area contributed by atoms with Crippen LogP contribution in [0, 0.1) is 0 Å². The summed E-state index contributed by atoms with van der Waals surface area (Å²) < 4.78 is 7.15. The molecule has 3 rings (SSSR count). The van der Waals surface area contributed by atoms with E-state index in [1.54, 1.807) is 0 Å². The monoisotopic (exact) mass is 369 g/mol. The normalized spacial score (nSPS) is 21.9. The molecule has 26 heavy (non-hydrogen) atoms. The maximum atomic E-state index is 9.94. The van der Waals surface area contributed by atoms with Crippen LogP contribution >= 0.6 is 0 Å². The first-order valence-electron chi connectivity index (χ1n) is 9.50. The summed E-state index contributed by atoms with van der Waals surface area (Å²) in [5.74, 6) is 0. The van der Waals surface area contributed by atoms with Crippen LogP contribution in [-0.4, -0.2) is 50.7 Å². The molecule has 0 aromatic heterocycles. The number of benzene rings is 2. The minimum absolute atomic E-state index is 0.0309. The number of nitrogens with zero attached hydrogens (tertiary/aromatic N) is 1. The lowest BCUT2D eigenvalue weighted by Gasteiger charge is -2.45. The topological polar surface area (TPSA) is 32.7 Å². The van der Waals surface area contributed by atoms with Gasteiger partial charge in [0.2, 0.25) is 0 Å². The van der Waals surface area contributed by atoms with Crippen LogP contribution < -0.4 is 10.4 Å². The van der Waals surface area contributed by atoms with Crippen LogP contribution in [-0.2, 0) is 4.43 Å². The Morgan fingerprint density at radius 2 is 1.50 bits per heavy atom. The molecule has 0 radical (unpaired) electrons. The van der Waals surface area contributed by atoms with Gasteiger partial charge in [-0.2, -0.15) is 0 Å². The Bertz CT molecular complexity index is 660. The molecule has 2 atom stereocenters. The number of aliphatic hydroxyl groups excluding tert-OH is 1. The van der Waals surface area contributed by atoms with Crippen molar-refractivity contribution < 1.29 is 9.53 Å². The van der Waals surface area contributed by atoms with Crippen LogP contribution in [0.2, 0.25) is 5.04 Å². The number of rotatable bonds is 5. The van der Waals surface area contributed by atoms with Crippen molar-refractivity contribution in [1.82, 2.24) is 4.90 Å². The van der Waals surface area contributed by atoms with Gasteiger partial charge in [-0.1, -0.05) is 81.4 Å². The zero-order chi connectivity index (χ0) is 18.8. The molecule has 2 aromatic rings. The van der Waals surface area contributed by atoms with Gasteiger partial charge in [0, 0.05) is 6.54 Å². The summed E-state index contributed by atoms with van der Waals surface area (Å²) in [6.45, 7) is 8.00. The van der Waals surface area contributed by atoms with E-state index in [2.05, 4.69) is 93.4 Å². The largest absolute Gasteiger partial charge is 0.403 e. The first-order valence-corrected chi connectivity index (χ1v) is 11.4. The van der Waals surface area contributed by atoms with Gasteiger partial charge in [0.15, 0.2) is 0 Å². The van der Waals surface area contributed by atoms with Gasteiger partial charge < -0.3 is 9.53 Å². The van der Waals surface area contributed by atoms with Gasteiger partial charge in [-0.25, -0.2) is 0 Å². The van der Waals surface area contributed by atoms with Crippen molar-refractivity contribution >= 4 is 18.7 Å². The second kappa shape index (κ2) is 7.65. The Labute approximate surface area is 158 Å². The van der Waals surface area contributed by atoms with Crippen molar-refractivity contribution in [2.75, 3.05) is 20.2 Å². The van der Waals surface area contributed by atoms with E-state index >= 15 is 0 Å². The molecular weight excluding hydrogens is 338 g/mol. The van der Waals surface area contributed by atoms with E-state index in [-0.39, 0.29) is 23.8 Å². The molecule has 0 amide bonds. The van der Waals surface area contributed by atoms with E-state index in [0.29, 0.717) is 0 Å². The Morgan fingerprint density at radius 1 is 1.00 bits per heavy atom. The molecule has 1 saturated heterocycles. The van der Waals surface area contributed by atoms with Crippen LogP contribution in [0.25, 0.3) is 0 Å². The Hall–Kier alpha value is -1.46. The summed E-state index contributed by atoms with van der Waals surface area (Å²) in [5, 5.41) is 12.5. The third kappa shape index (κ3) is 3.39. The van der Waals surface area contributed by atoms with Gasteiger partial charge in [-0.15, -0.1) is 0 Å². The molecule has 1 aliphatic rings. The summed E-state index contributed by atoms with van der Waals surface area (Å²) >= 11 is 0. The number of hydrogen-bond donors (Lipinski definition) is 1. The summed E-state index contributed by atoms with van der Waals surface area (Å²) in [4.78, 5) is 2.22. The number of hydrogen-bond acceptors (Lipinski definition) is 3. The molecule has 1 N–H and O–H groups in total. The van der Waals surface area contributed by atoms with Gasteiger partial charge in [0.25, 0.3) is 8.32 Å². The average Bonchev–Trinajstić information content (AvgIpc) is 2.99. The van der Waals surface area contributed by atoms with Crippen molar-refractivity contribution in [2.24, 2.45) is 0 Å². The zero-order valence-corrected chi connectivity index (χ0v) is 17.4. The zero-order valence-electron chi connectivity index (χ0n) is 16.4. The number of likely N-dealkylation sites (N-methyl/N-ethyl adjacent to an activating group) is 1. The highest BCUT2D eigenvalue weighted by atomic mass is 28.4. The third-order valence-corrected chi connectivity index (χ3v) is 10.8. The summed E-state index contributed by atoms with van der Waals surface area (Å²) in [6, 6.07) is 21.5. The van der Waals surface area contributed by atoms with Crippen molar-refractivity contribution in [2.45, 2.75) is 44.4 Å². The lowest BCUT2D eigenvalue weighted by molar-refractivity contribution is 0.0910. The average molecular weight is 370 g/mol. The molecule has 1 fully saturated rings. The van der Waals surface area contributed by atoms with E-state index in [0.717, 1.165) is 13.0 Å². The van der Waals surface area contributed by atoms with Crippen LogP contribution in [0.5, 0.6) is 0 Å². The molecular formula is C22H31NO2Si. The van der Waals surface area contributed by atoms with Crippen molar-refractivity contribution in [3.05, 3.63) is 60.7 Å². The highest BCUT2D eigenvalue weighted by Crippen LogP contribution is 2.39. The maximum absolute atomic E-state index is 9.94. The fourth-order valence-electron chi connectivity index (χ4n) is 4.29. The molecule has 3 nitrogen and oxygen atoms in total. The minimum Gasteiger partial charge on any atom is -0.403 e. The highest BCUT2D eigenvalue weighted by molar-refractivity contribution is 6.99. The van der Waals surface area contributed by atoms with Gasteiger partial charge in [0.1, 0.15) is 0 Å². The van der Waals surface area contributed by atoms with Crippen molar-refractivity contribution in [3.8, 4) is 0 Å². The van der Waals surface area contributed by atoms with E-state index in [4.69, 9.17) is 4.43 Å².